The summed E-state index contributed by atoms with van der Waals surface area (Å²) >= 11 is 0. The molecule has 0 spiro atoms. The molecule has 1 aromatic rings. The second-order valence-electron chi connectivity index (χ2n) is 4.54. The van der Waals surface area contributed by atoms with E-state index in [1.54, 1.807) is 6.92 Å². The molecule has 0 amide bonds. The van der Waals surface area contributed by atoms with E-state index in [4.69, 9.17) is 0 Å². The van der Waals surface area contributed by atoms with Crippen molar-refractivity contribution >= 4 is 6.29 Å². The van der Waals surface area contributed by atoms with E-state index in [1.165, 1.54) is 12.1 Å². The number of hydrogen-bond donors (Lipinski definition) is 1. The summed E-state index contributed by atoms with van der Waals surface area (Å²) in [5, 5.41) is 10.0. The van der Waals surface area contributed by atoms with E-state index in [2.05, 4.69) is 0 Å². The van der Waals surface area contributed by atoms with Crippen molar-refractivity contribution in [1.29, 1.82) is 0 Å². The molecule has 0 bridgehead atoms. The van der Waals surface area contributed by atoms with E-state index >= 15 is 0 Å². The van der Waals surface area contributed by atoms with Crippen molar-refractivity contribution in [2.45, 2.75) is 25.8 Å². The van der Waals surface area contributed by atoms with Gasteiger partial charge in [0.15, 0.2) is 0 Å². The van der Waals surface area contributed by atoms with Crippen molar-refractivity contribution in [3.05, 3.63) is 29.1 Å². The zero-order valence-corrected chi connectivity index (χ0v) is 10.4. The Bertz CT molecular complexity index is 405. The number of carbonyl (C=O) groups excluding carboxylic acids is 1. The summed E-state index contributed by atoms with van der Waals surface area (Å²) < 4.78 is 13.4. The van der Waals surface area contributed by atoms with Crippen molar-refractivity contribution in [3.63, 3.8) is 0 Å². The Morgan fingerprint density at radius 2 is 2.12 bits per heavy atom. The van der Waals surface area contributed by atoms with Crippen molar-refractivity contribution in [2.75, 3.05) is 14.1 Å². The molecule has 1 aromatic carbocycles. The van der Waals surface area contributed by atoms with E-state index < -0.39 is 0 Å². The van der Waals surface area contributed by atoms with E-state index in [0.717, 1.165) is 6.29 Å². The lowest BCUT2D eigenvalue weighted by Crippen LogP contribution is -2.12. The number of hydrogen-bond acceptors (Lipinski definition) is 3. The van der Waals surface area contributed by atoms with Crippen LogP contribution in [0.15, 0.2) is 12.1 Å². The van der Waals surface area contributed by atoms with Crippen LogP contribution in [0.4, 0.5) is 4.39 Å². The number of aromatic hydroxyl groups is 1. The normalized spacial score (nSPS) is 12.8. The van der Waals surface area contributed by atoms with Gasteiger partial charge in [0.05, 0.1) is 0 Å². The van der Waals surface area contributed by atoms with Crippen LogP contribution in [0.1, 0.15) is 30.4 Å². The maximum Gasteiger partial charge on any atom is 0.124 e. The summed E-state index contributed by atoms with van der Waals surface area (Å²) in [7, 11) is 3.69. The quantitative estimate of drug-likeness (QED) is 0.801. The van der Waals surface area contributed by atoms with E-state index in [0.29, 0.717) is 17.7 Å². The fraction of sp³-hybridized carbons (Fsp3) is 0.462. The van der Waals surface area contributed by atoms with Crippen LogP contribution < -0.4 is 0 Å². The largest absolute Gasteiger partial charge is 0.507 e. The molecule has 0 fully saturated rings. The Hall–Kier alpha value is -1.42. The van der Waals surface area contributed by atoms with Crippen LogP contribution in [0.2, 0.25) is 0 Å². The van der Waals surface area contributed by atoms with Gasteiger partial charge in [-0.2, -0.15) is 0 Å². The predicted molar refractivity (Wildman–Crippen MR) is 64.6 cm³/mol. The fourth-order valence-corrected chi connectivity index (χ4v) is 1.79. The zero-order chi connectivity index (χ0) is 13.0. The molecule has 0 aliphatic heterocycles. The lowest BCUT2D eigenvalue weighted by Gasteiger charge is -2.17. The Balaban J connectivity index is 3.13. The molecule has 0 aliphatic rings. The predicted octanol–water partition coefficient (Wildman–Crippen LogP) is 2.29. The smallest absolute Gasteiger partial charge is 0.124 e. The standard InChI is InChI=1S/C13H18FNO2/c1-9(4-5-16)12-7-11(14)6-10(13(12)17)8-15(2)3/h5-7,9,17H,4,8H2,1-3H3. The highest BCUT2D eigenvalue weighted by molar-refractivity contribution is 5.53. The second-order valence-corrected chi connectivity index (χ2v) is 4.54. The van der Waals surface area contributed by atoms with Gasteiger partial charge < -0.3 is 14.8 Å². The van der Waals surface area contributed by atoms with Gasteiger partial charge in [-0.25, -0.2) is 4.39 Å². The average Bonchev–Trinajstić information content (AvgIpc) is 2.22. The molecule has 1 atom stereocenters. The molecular weight excluding hydrogens is 221 g/mol. The topological polar surface area (TPSA) is 40.5 Å². The van der Waals surface area contributed by atoms with E-state index in [9.17, 15) is 14.3 Å². The molecule has 17 heavy (non-hydrogen) atoms. The fourth-order valence-electron chi connectivity index (χ4n) is 1.79. The maximum atomic E-state index is 13.4. The summed E-state index contributed by atoms with van der Waals surface area (Å²) in [6, 6.07) is 2.62. The van der Waals surface area contributed by atoms with Gasteiger partial charge in [-0.05, 0) is 32.1 Å². The minimum Gasteiger partial charge on any atom is -0.507 e. The van der Waals surface area contributed by atoms with Gasteiger partial charge >= 0.3 is 0 Å². The molecule has 3 nitrogen and oxygen atoms in total. The number of nitrogens with zero attached hydrogens (tertiary/aromatic N) is 1. The number of rotatable bonds is 5. The van der Waals surface area contributed by atoms with Crippen LogP contribution in [0, 0.1) is 5.82 Å². The van der Waals surface area contributed by atoms with Crippen LogP contribution in [-0.2, 0) is 11.3 Å². The van der Waals surface area contributed by atoms with Gasteiger partial charge in [-0.15, -0.1) is 0 Å². The van der Waals surface area contributed by atoms with Crippen LogP contribution >= 0.6 is 0 Å². The number of aldehydes is 1. The summed E-state index contributed by atoms with van der Waals surface area (Å²) in [6.07, 6.45) is 1.05. The van der Waals surface area contributed by atoms with Crippen molar-refractivity contribution in [3.8, 4) is 5.75 Å². The third kappa shape index (κ3) is 3.53. The molecule has 0 aliphatic carbocycles. The van der Waals surface area contributed by atoms with Gasteiger partial charge in [0, 0.05) is 24.1 Å². The lowest BCUT2D eigenvalue weighted by molar-refractivity contribution is -0.108. The Morgan fingerprint density at radius 1 is 1.47 bits per heavy atom. The highest BCUT2D eigenvalue weighted by atomic mass is 19.1. The number of carbonyl (C=O) groups is 1. The van der Waals surface area contributed by atoms with Crippen molar-refractivity contribution in [2.24, 2.45) is 0 Å². The molecule has 1 unspecified atom stereocenters. The highest BCUT2D eigenvalue weighted by Crippen LogP contribution is 2.32. The van der Waals surface area contributed by atoms with Gasteiger partial charge in [-0.1, -0.05) is 6.92 Å². The molecular formula is C13H18FNO2. The maximum absolute atomic E-state index is 13.4. The van der Waals surface area contributed by atoms with Gasteiger partial charge in [0.1, 0.15) is 17.9 Å². The first-order valence-electron chi connectivity index (χ1n) is 5.55. The molecule has 0 saturated heterocycles. The lowest BCUT2D eigenvalue weighted by atomic mass is 9.95. The zero-order valence-electron chi connectivity index (χ0n) is 10.4. The molecule has 4 heteroatoms. The number of phenolic OH excluding ortho intramolecular Hbond substituents is 1. The first-order valence-corrected chi connectivity index (χ1v) is 5.55. The van der Waals surface area contributed by atoms with Crippen LogP contribution in [0.25, 0.3) is 0 Å². The molecule has 1 rings (SSSR count). The van der Waals surface area contributed by atoms with Crippen LogP contribution in [0.3, 0.4) is 0 Å². The summed E-state index contributed by atoms with van der Waals surface area (Å²) in [5.74, 6) is -0.467. The molecule has 0 aromatic heterocycles. The number of phenols is 1. The van der Waals surface area contributed by atoms with E-state index in [1.807, 2.05) is 19.0 Å². The Labute approximate surface area is 101 Å². The summed E-state index contributed by atoms with van der Waals surface area (Å²) in [4.78, 5) is 12.3. The number of halogens is 1. The third-order valence-corrected chi connectivity index (χ3v) is 2.65. The second kappa shape index (κ2) is 5.77. The van der Waals surface area contributed by atoms with Crippen molar-refractivity contribution < 1.29 is 14.3 Å². The third-order valence-electron chi connectivity index (χ3n) is 2.65. The monoisotopic (exact) mass is 239 g/mol. The van der Waals surface area contributed by atoms with Crippen molar-refractivity contribution in [1.82, 2.24) is 4.90 Å². The first-order chi connectivity index (χ1) is 7.95. The highest BCUT2D eigenvalue weighted by Gasteiger charge is 2.15. The number of benzene rings is 1. The minimum absolute atomic E-state index is 0.0921. The van der Waals surface area contributed by atoms with Crippen LogP contribution in [-0.4, -0.2) is 30.4 Å². The first kappa shape index (κ1) is 13.6. The van der Waals surface area contributed by atoms with Gasteiger partial charge in [-0.3, -0.25) is 0 Å². The molecule has 1 N–H and O–H groups in total. The molecule has 0 radical (unpaired) electrons. The minimum atomic E-state index is -0.382. The Kier molecular flexibility index (Phi) is 4.63. The molecule has 0 saturated carbocycles. The average molecular weight is 239 g/mol. The summed E-state index contributed by atoms with van der Waals surface area (Å²) in [6.45, 7) is 2.26. The van der Waals surface area contributed by atoms with Gasteiger partial charge in [0.25, 0.3) is 0 Å². The molecule has 0 heterocycles. The van der Waals surface area contributed by atoms with Crippen LogP contribution in [0.5, 0.6) is 5.75 Å². The Morgan fingerprint density at radius 3 is 2.65 bits per heavy atom. The molecule has 94 valence electrons. The summed E-state index contributed by atoms with van der Waals surface area (Å²) in [5.41, 5.74) is 1.04. The SMILES string of the molecule is CC(CC=O)c1cc(F)cc(CN(C)C)c1O. The van der Waals surface area contributed by atoms with Gasteiger partial charge in [0.2, 0.25) is 0 Å². The van der Waals surface area contributed by atoms with E-state index in [-0.39, 0.29) is 23.9 Å².